The number of halogens is 1. The third kappa shape index (κ3) is 13.6. The van der Waals surface area contributed by atoms with Crippen molar-refractivity contribution in [2.75, 3.05) is 0 Å². The fourth-order valence-electron chi connectivity index (χ4n) is 13.1. The van der Waals surface area contributed by atoms with Crippen molar-refractivity contribution in [3.05, 3.63) is 77.6 Å². The molecule has 7 rings (SSSR count). The summed E-state index contributed by atoms with van der Waals surface area (Å²) in [6, 6.07) is 11.2. The Hall–Kier alpha value is -3.96. The van der Waals surface area contributed by atoms with Crippen molar-refractivity contribution in [3.63, 3.8) is 0 Å². The number of rotatable bonds is 8. The number of benzene rings is 1. The van der Waals surface area contributed by atoms with Crippen LogP contribution in [0, 0.1) is 57.2 Å². The van der Waals surface area contributed by atoms with E-state index in [2.05, 4.69) is 82.2 Å². The second-order valence-corrected chi connectivity index (χ2v) is 20.2. The lowest BCUT2D eigenvalue weighted by atomic mass is 9.36. The average molecular weight is 893 g/mol. The normalized spacial score (nSPS) is 30.0. The number of amides is 3. The molecule has 0 radical (unpaired) electrons. The van der Waals surface area contributed by atoms with Gasteiger partial charge in [-0.2, -0.15) is 5.48 Å². The van der Waals surface area contributed by atoms with Gasteiger partial charge in [-0.1, -0.05) is 92.0 Å². The minimum absolute atomic E-state index is 0.00909. The molecule has 0 bridgehead atoms. The summed E-state index contributed by atoms with van der Waals surface area (Å²) in [5, 5.41) is 17.1. The predicted molar refractivity (Wildman–Crippen MR) is 256 cm³/mol. The largest absolute Gasteiger partial charge is 0.393 e. The smallest absolute Gasteiger partial charge is 0.279 e. The number of allylic oxidation sites excluding steroid dienone is 1. The second kappa shape index (κ2) is 26.3. The van der Waals surface area contributed by atoms with Crippen LogP contribution in [0.2, 0.25) is 0 Å². The number of nitrogens with two attached hydrogens (primary N) is 1. The summed E-state index contributed by atoms with van der Waals surface area (Å²) in [6.45, 7) is 27.4. The highest BCUT2D eigenvalue weighted by atomic mass is 19.3. The van der Waals surface area contributed by atoms with Crippen molar-refractivity contribution < 1.29 is 33.9 Å². The molecule has 9 unspecified atom stereocenters. The molecule has 1 aromatic heterocycles. The third-order valence-corrected chi connectivity index (χ3v) is 15.4. The number of aliphatic hydroxyl groups excluding tert-OH is 1. The van der Waals surface area contributed by atoms with E-state index in [9.17, 15) is 19.2 Å². The van der Waals surface area contributed by atoms with Crippen LogP contribution in [0.1, 0.15) is 185 Å². The Morgan fingerprint density at radius 3 is 2.11 bits per heavy atom. The van der Waals surface area contributed by atoms with Gasteiger partial charge >= 0.3 is 0 Å². The highest BCUT2D eigenvalue weighted by molar-refractivity contribution is 5.94. The summed E-state index contributed by atoms with van der Waals surface area (Å²) >= 11 is 0. The first-order chi connectivity index (χ1) is 30.4. The number of carbonyl (C=O) groups excluding carboxylic acids is 4. The number of pyridine rings is 1. The minimum atomic E-state index is -0.733. The maximum atomic E-state index is 13.1. The maximum absolute atomic E-state index is 13.1. The van der Waals surface area contributed by atoms with E-state index in [4.69, 9.17) is 9.59 Å². The number of primary amides is 1. The summed E-state index contributed by atoms with van der Waals surface area (Å²) in [6.07, 6.45) is 20.4. The molecular weight excluding hydrogens is 808 g/mol. The number of hydroxylamine groups is 1. The number of nitrogens with zero attached hydrogens (tertiary/aromatic N) is 1. The molecule has 9 atom stereocenters. The van der Waals surface area contributed by atoms with Crippen LogP contribution in [0.25, 0.3) is 0 Å². The predicted octanol–water partition coefficient (Wildman–Crippen LogP) is 11.5. The minimum Gasteiger partial charge on any atom is -0.393 e. The molecule has 10 nitrogen and oxygen atoms in total. The number of fused-ring (bicyclic) bond motifs is 7. The number of hydrogen-bond donors (Lipinski definition) is 4. The van der Waals surface area contributed by atoms with E-state index < -0.39 is 5.91 Å². The fourth-order valence-corrected chi connectivity index (χ4v) is 13.1. The van der Waals surface area contributed by atoms with Gasteiger partial charge in [0.25, 0.3) is 11.8 Å². The lowest BCUT2D eigenvalue weighted by Gasteiger charge is -2.69. The van der Waals surface area contributed by atoms with Crippen molar-refractivity contribution in [1.82, 2.24) is 15.8 Å². The molecule has 5 fully saturated rings. The monoisotopic (exact) mass is 893 g/mol. The van der Waals surface area contributed by atoms with E-state index >= 15 is 0 Å². The molecule has 0 aliphatic heterocycles. The molecule has 0 spiro atoms. The van der Waals surface area contributed by atoms with E-state index in [0.717, 1.165) is 48.7 Å². The molecule has 64 heavy (non-hydrogen) atoms. The molecule has 1 heterocycles. The highest BCUT2D eigenvalue weighted by Crippen LogP contribution is 2.73. The third-order valence-electron chi connectivity index (χ3n) is 15.4. The molecule has 0 saturated heterocycles. The second-order valence-electron chi connectivity index (χ2n) is 20.2. The fraction of sp³-hybridized carbons (Fsp3) is 0.679. The average Bonchev–Trinajstić information content (AvgIpc) is 3.70. The van der Waals surface area contributed by atoms with Crippen LogP contribution in [-0.2, 0) is 27.6 Å². The van der Waals surface area contributed by atoms with Crippen LogP contribution in [0.3, 0.4) is 0 Å². The van der Waals surface area contributed by atoms with Gasteiger partial charge in [0.2, 0.25) is 6.41 Å². The van der Waals surface area contributed by atoms with Crippen LogP contribution in [0.15, 0.2) is 55.3 Å². The Balaban J connectivity index is 0.000000830. The highest BCUT2D eigenvalue weighted by Gasteiger charge is 2.66. The zero-order chi connectivity index (χ0) is 48.3. The lowest BCUT2D eigenvalue weighted by Crippen LogP contribution is -2.63. The molecule has 5 aliphatic carbocycles. The van der Waals surface area contributed by atoms with Gasteiger partial charge in [0, 0.05) is 11.8 Å². The quantitative estimate of drug-likeness (QED) is 0.117. The van der Waals surface area contributed by atoms with Crippen LogP contribution in [-0.4, -0.2) is 40.7 Å². The van der Waals surface area contributed by atoms with Gasteiger partial charge in [-0.25, -0.2) is 0 Å². The first-order valence-electron chi connectivity index (χ1n) is 24.1. The van der Waals surface area contributed by atoms with Crippen LogP contribution in [0.5, 0.6) is 0 Å². The van der Waals surface area contributed by atoms with E-state index in [-0.39, 0.29) is 35.9 Å². The summed E-state index contributed by atoms with van der Waals surface area (Å²) < 4.78 is 11.9. The van der Waals surface area contributed by atoms with Gasteiger partial charge in [-0.05, 0) is 182 Å². The SMILES string of the molecule is C=CC.CC.CC(C)C.CC1(C)C(O)CCC2(C)C1CCC1(C)C3CCC4(CCc5cccc(C(=O)NCc6ccc(C(=O)NOF)cn6)c5)CCCC4C3CCC12.CC=O.NC=O. The Labute approximate surface area is 385 Å². The van der Waals surface area contributed by atoms with E-state index in [1.54, 1.807) is 17.6 Å². The van der Waals surface area contributed by atoms with Crippen molar-refractivity contribution >= 4 is 24.5 Å². The number of aldehydes is 1. The Morgan fingerprint density at radius 1 is 0.891 bits per heavy atom. The van der Waals surface area contributed by atoms with Gasteiger partial charge < -0.3 is 21.0 Å². The van der Waals surface area contributed by atoms with Crippen LogP contribution in [0.4, 0.5) is 4.53 Å². The van der Waals surface area contributed by atoms with Gasteiger partial charge in [-0.3, -0.25) is 19.4 Å². The molecular formula is C53H85FN4O6. The van der Waals surface area contributed by atoms with Crippen LogP contribution < -0.4 is 16.5 Å². The molecule has 360 valence electrons. The zero-order valence-corrected chi connectivity index (χ0v) is 41.3. The molecule has 1 aromatic carbocycles. The van der Waals surface area contributed by atoms with Crippen molar-refractivity contribution in [3.8, 4) is 0 Å². The summed E-state index contributed by atoms with van der Waals surface area (Å²) in [5.41, 5.74) is 9.59. The van der Waals surface area contributed by atoms with Gasteiger partial charge in [-0.15, -0.1) is 6.58 Å². The number of hydrogen-bond acceptors (Lipinski definition) is 7. The number of aryl methyl sites for hydroxylation is 1. The Kier molecular flexibility index (Phi) is 23.0. The van der Waals surface area contributed by atoms with E-state index in [1.165, 1.54) is 95.4 Å². The van der Waals surface area contributed by atoms with Crippen molar-refractivity contribution in [2.24, 2.45) is 62.9 Å². The molecule has 5 N–H and O–H groups in total. The zero-order valence-electron chi connectivity index (χ0n) is 41.3. The Bertz CT molecular complexity index is 1740. The number of carbonyl (C=O) groups is 4. The maximum Gasteiger partial charge on any atom is 0.279 e. The number of aliphatic hydroxyl groups is 1. The molecule has 3 amide bonds. The number of nitrogens with one attached hydrogen (secondary N) is 2. The van der Waals surface area contributed by atoms with E-state index in [0.29, 0.717) is 33.4 Å². The topological polar surface area (TPSA) is 161 Å². The lowest BCUT2D eigenvalue weighted by molar-refractivity contribution is -0.214. The van der Waals surface area contributed by atoms with Gasteiger partial charge in [0.1, 0.15) is 6.29 Å². The van der Waals surface area contributed by atoms with Gasteiger partial charge in [0.15, 0.2) is 0 Å². The molecule has 2 aromatic rings. The molecule has 5 saturated carbocycles. The van der Waals surface area contributed by atoms with Crippen LogP contribution >= 0.6 is 0 Å². The van der Waals surface area contributed by atoms with E-state index in [1.807, 2.05) is 39.0 Å². The van der Waals surface area contributed by atoms with Crippen molar-refractivity contribution in [1.29, 1.82) is 0 Å². The summed E-state index contributed by atoms with van der Waals surface area (Å²) in [5.74, 6) is 3.82. The summed E-state index contributed by atoms with van der Waals surface area (Å²) in [4.78, 5) is 46.4. The number of aromatic nitrogens is 1. The van der Waals surface area contributed by atoms with Crippen molar-refractivity contribution in [2.45, 2.75) is 172 Å². The summed E-state index contributed by atoms with van der Waals surface area (Å²) in [7, 11) is 0. The Morgan fingerprint density at radius 2 is 1.52 bits per heavy atom. The van der Waals surface area contributed by atoms with Gasteiger partial charge in [0.05, 0.1) is 23.9 Å². The first kappa shape index (κ1) is 56.2. The standard InChI is InChI=1S/C41H56FN3O4.C4H10.C3H6.C2H4O.C2H6.CH3NO/c1-38(2)33-16-19-39(3)31-15-22-41(18-6-9-32(41)30(31)12-13-34(39)40(33,4)20-17-35(38)46)21-14-26-7-5-8-27(23-26)36(47)44-25-29-11-10-28(24-43-29)37(48)45-49-42;1-4(2)3;1-3-2;1-2-3;1-2;2-1-3/h5,7-8,10-11,23-24,30-35,46H,6,9,12-22,25H2,1-4H3,(H,44,47)(H,45,48);4H,1-3H3;3H,1H2,2H3;2H,1H3;1-2H3;1H,(H2,2,3). The molecule has 11 heteroatoms. The first-order valence-corrected chi connectivity index (χ1v) is 24.1. The molecule has 5 aliphatic rings.